The van der Waals surface area contributed by atoms with Gasteiger partial charge in [-0.2, -0.15) is 0 Å². The molecule has 4 nitrogen and oxygen atoms in total. The Labute approximate surface area is 288 Å². The lowest BCUT2D eigenvalue weighted by atomic mass is 9.79. The molecule has 2 fully saturated rings. The summed E-state index contributed by atoms with van der Waals surface area (Å²) in [5.41, 5.74) is 7.07. The highest BCUT2D eigenvalue weighted by atomic mass is 32.1. The van der Waals surface area contributed by atoms with Crippen LogP contribution in [0.15, 0.2) is 24.3 Å². The predicted octanol–water partition coefficient (Wildman–Crippen LogP) is 9.45. The number of benzene rings is 1. The minimum absolute atomic E-state index is 0.0958. The molecular weight excluding hydrogens is 646 g/mol. The van der Waals surface area contributed by atoms with Gasteiger partial charge in [0.1, 0.15) is 0 Å². The second-order valence-corrected chi connectivity index (χ2v) is 20.9. The van der Waals surface area contributed by atoms with E-state index >= 15 is 0 Å². The maximum Gasteiger partial charge on any atom is 0.505 e. The minimum atomic E-state index is -0.345. The van der Waals surface area contributed by atoms with Crippen LogP contribution in [0.4, 0.5) is 0 Å². The van der Waals surface area contributed by atoms with E-state index in [1.807, 2.05) is 45.3 Å². The molecule has 238 valence electrons. The van der Waals surface area contributed by atoms with Crippen molar-refractivity contribution in [3.63, 3.8) is 0 Å². The van der Waals surface area contributed by atoms with Crippen molar-refractivity contribution in [2.45, 2.75) is 116 Å². The molecular formula is C36H40B2O4S4. The smallest absolute Gasteiger partial charge is 0.399 e. The van der Waals surface area contributed by atoms with Gasteiger partial charge in [0.2, 0.25) is 0 Å². The van der Waals surface area contributed by atoms with Gasteiger partial charge in [-0.15, -0.1) is 45.3 Å². The molecule has 0 unspecified atom stereocenters. The van der Waals surface area contributed by atoms with Gasteiger partial charge >= 0.3 is 14.2 Å². The second kappa shape index (κ2) is 8.80. The number of thiophene rings is 4. The maximum absolute atomic E-state index is 6.45. The van der Waals surface area contributed by atoms with E-state index in [1.165, 1.54) is 71.5 Å². The molecule has 0 spiro atoms. The lowest BCUT2D eigenvalue weighted by molar-refractivity contribution is 0.00578. The minimum Gasteiger partial charge on any atom is -0.399 e. The highest BCUT2D eigenvalue weighted by molar-refractivity contribution is 7.35. The molecule has 0 bridgehead atoms. The molecule has 5 aromatic rings. The molecule has 2 aliphatic carbocycles. The van der Waals surface area contributed by atoms with E-state index in [9.17, 15) is 0 Å². The first-order valence-corrected chi connectivity index (χ1v) is 19.5. The summed E-state index contributed by atoms with van der Waals surface area (Å²) in [6.07, 6.45) is 0. The lowest BCUT2D eigenvalue weighted by Gasteiger charge is -2.32. The fourth-order valence-corrected chi connectivity index (χ4v) is 13.7. The third kappa shape index (κ3) is 3.71. The Balaban J connectivity index is 1.12. The highest BCUT2D eigenvalue weighted by Crippen LogP contribution is 2.62. The molecule has 0 atom stereocenters. The van der Waals surface area contributed by atoms with Crippen LogP contribution in [0.25, 0.3) is 39.7 Å². The Hall–Kier alpha value is -1.49. The van der Waals surface area contributed by atoms with Crippen LogP contribution in [0, 0.1) is 0 Å². The molecule has 0 saturated carbocycles. The molecule has 10 heteroatoms. The molecule has 1 aromatic carbocycles. The molecule has 0 radical (unpaired) electrons. The Morgan fingerprint density at radius 2 is 0.783 bits per heavy atom. The SMILES string of the molecule is CC1(C)c2cc3c(cc2-c2sc4cc(B5OC(C)(C)C(C)(C)O5)sc4c21)C(C)(C)c1c-3sc2cc(B3OC(C)(C)C(C)(C)O3)sc12. The third-order valence-corrected chi connectivity index (χ3v) is 16.9. The topological polar surface area (TPSA) is 36.9 Å². The molecule has 46 heavy (non-hydrogen) atoms. The summed E-state index contributed by atoms with van der Waals surface area (Å²) in [5, 5.41) is 0. The van der Waals surface area contributed by atoms with E-state index in [4.69, 9.17) is 18.6 Å². The summed E-state index contributed by atoms with van der Waals surface area (Å²) in [4.78, 5) is 2.86. The number of fused-ring (bicyclic) bond motifs is 10. The van der Waals surface area contributed by atoms with Gasteiger partial charge in [-0.1, -0.05) is 27.7 Å². The summed E-state index contributed by atoms with van der Waals surface area (Å²) >= 11 is 7.59. The van der Waals surface area contributed by atoms with Crippen molar-refractivity contribution in [2.24, 2.45) is 0 Å². The summed E-state index contributed by atoms with van der Waals surface area (Å²) in [6, 6.07) is 9.71. The Morgan fingerprint density at radius 1 is 0.457 bits per heavy atom. The van der Waals surface area contributed by atoms with Crippen LogP contribution in [-0.4, -0.2) is 36.6 Å². The van der Waals surface area contributed by atoms with Gasteiger partial charge in [0.15, 0.2) is 0 Å². The van der Waals surface area contributed by atoms with Gasteiger partial charge < -0.3 is 18.6 Å². The van der Waals surface area contributed by atoms with Crippen molar-refractivity contribution in [3.8, 4) is 20.9 Å². The van der Waals surface area contributed by atoms with Crippen LogP contribution in [0.5, 0.6) is 0 Å². The quantitative estimate of drug-likeness (QED) is 0.174. The fourth-order valence-electron chi connectivity index (χ4n) is 7.76. The number of hydrogen-bond donors (Lipinski definition) is 0. The summed E-state index contributed by atoms with van der Waals surface area (Å²) in [7, 11) is -0.642. The van der Waals surface area contributed by atoms with Crippen LogP contribution in [0.1, 0.15) is 105 Å². The lowest BCUT2D eigenvalue weighted by Crippen LogP contribution is -2.41. The Morgan fingerprint density at radius 3 is 1.11 bits per heavy atom. The van der Waals surface area contributed by atoms with E-state index < -0.39 is 0 Å². The summed E-state index contributed by atoms with van der Waals surface area (Å²) in [6.45, 7) is 26.7. The molecule has 4 aliphatic rings. The van der Waals surface area contributed by atoms with Gasteiger partial charge in [0.25, 0.3) is 0 Å². The van der Waals surface area contributed by atoms with Crippen LogP contribution in [-0.2, 0) is 29.4 Å². The summed E-state index contributed by atoms with van der Waals surface area (Å²) in [5.74, 6) is 0. The van der Waals surface area contributed by atoms with Crippen molar-refractivity contribution in [2.75, 3.05) is 0 Å². The average molecular weight is 687 g/mol. The summed E-state index contributed by atoms with van der Waals surface area (Å²) < 4.78 is 33.6. The van der Waals surface area contributed by atoms with Gasteiger partial charge in [-0.25, -0.2) is 0 Å². The van der Waals surface area contributed by atoms with Crippen LogP contribution < -0.4 is 9.55 Å². The monoisotopic (exact) mass is 686 g/mol. The van der Waals surface area contributed by atoms with Crippen molar-refractivity contribution in [3.05, 3.63) is 46.5 Å². The van der Waals surface area contributed by atoms with Crippen molar-refractivity contribution < 1.29 is 18.6 Å². The Bertz CT molecular complexity index is 1970. The van der Waals surface area contributed by atoms with Crippen molar-refractivity contribution in [1.29, 1.82) is 0 Å². The number of hydrogen-bond acceptors (Lipinski definition) is 8. The zero-order valence-electron chi connectivity index (χ0n) is 28.7. The molecule has 0 amide bonds. The molecule has 4 aromatic heterocycles. The fraction of sp³-hybridized carbons (Fsp3) is 0.500. The molecule has 2 saturated heterocycles. The first kappa shape index (κ1) is 30.6. The van der Waals surface area contributed by atoms with Gasteiger partial charge in [-0.05, 0) is 113 Å². The van der Waals surface area contributed by atoms with Crippen LogP contribution in [0.2, 0.25) is 0 Å². The van der Waals surface area contributed by atoms with E-state index in [0.29, 0.717) is 0 Å². The Kier molecular flexibility index (Phi) is 5.85. The van der Waals surface area contributed by atoms with E-state index in [-0.39, 0.29) is 47.5 Å². The first-order valence-electron chi connectivity index (χ1n) is 16.3. The largest absolute Gasteiger partial charge is 0.505 e. The second-order valence-electron chi connectivity index (χ2n) is 16.7. The van der Waals surface area contributed by atoms with Gasteiger partial charge in [-0.3, -0.25) is 0 Å². The zero-order chi connectivity index (χ0) is 32.7. The molecule has 9 rings (SSSR count). The van der Waals surface area contributed by atoms with Crippen LogP contribution >= 0.6 is 45.3 Å². The first-order chi connectivity index (χ1) is 21.2. The zero-order valence-corrected chi connectivity index (χ0v) is 32.0. The maximum atomic E-state index is 6.45. The third-order valence-electron chi connectivity index (χ3n) is 12.0. The highest BCUT2D eigenvalue weighted by Gasteiger charge is 2.54. The van der Waals surface area contributed by atoms with Gasteiger partial charge in [0.05, 0.1) is 22.4 Å². The normalized spacial score (nSPS) is 23.8. The van der Waals surface area contributed by atoms with Crippen molar-refractivity contribution in [1.82, 2.24) is 0 Å². The van der Waals surface area contributed by atoms with Gasteiger partial charge in [0, 0.05) is 48.9 Å². The van der Waals surface area contributed by atoms with E-state index in [1.54, 1.807) is 0 Å². The van der Waals surface area contributed by atoms with Crippen LogP contribution in [0.3, 0.4) is 0 Å². The molecule has 0 N–H and O–H groups in total. The number of rotatable bonds is 2. The standard InChI is InChI=1S/C36H40B2O4S4/c1-31(2)19-13-18-20(14-17(19)27-25(31)29-21(43-27)15-23(45-29)37-39-33(5,6)34(7,8)40-37)32(3,4)26-28(18)44-22-16-24(46-30(22)26)38-41-35(9,10)36(11,12)42-38/h13-16H,1-12H3. The van der Waals surface area contributed by atoms with Crippen molar-refractivity contribution >= 4 is 87.9 Å². The molecule has 6 heterocycles. The van der Waals surface area contributed by atoms with E-state index in [2.05, 4.69) is 107 Å². The predicted molar refractivity (Wildman–Crippen MR) is 200 cm³/mol. The average Bonchev–Trinajstić information content (AvgIpc) is 3.75. The van der Waals surface area contributed by atoms with E-state index in [0.717, 1.165) is 0 Å². The molecule has 2 aliphatic heterocycles.